The fraction of sp³-hybridized carbons (Fsp3) is 0.556. The third kappa shape index (κ3) is 6.42. The molecule has 0 heterocycles. The van der Waals surface area contributed by atoms with Crippen LogP contribution in [0.2, 0.25) is 37.3 Å². The van der Waals surface area contributed by atoms with Crippen LogP contribution in [0.15, 0.2) is 49.1 Å². The molecule has 0 atom stereocenters. The molecule has 0 amide bonds. The predicted octanol–water partition coefficient (Wildman–Crippen LogP) is 6.05. The lowest BCUT2D eigenvalue weighted by atomic mass is 10.9. The van der Waals surface area contributed by atoms with E-state index in [1.54, 1.807) is 0 Å². The Morgan fingerprint density at radius 3 is 0.960 bits per heavy atom. The maximum atomic E-state index is 6.66. The topological polar surface area (TPSA) is 27.7 Å². The molecular weight excluding hydrogens is 377 g/mol. The summed E-state index contributed by atoms with van der Waals surface area (Å²) in [6.45, 7) is 29.3. The number of hydrogen-bond acceptors (Lipinski definition) is 3. The van der Waals surface area contributed by atoms with Crippen LogP contribution in [0.25, 0.3) is 0 Å². The van der Waals surface area contributed by atoms with Gasteiger partial charge in [-0.3, -0.25) is 0 Å². The van der Waals surface area contributed by atoms with Crippen LogP contribution in [0.5, 0.6) is 0 Å². The first-order chi connectivity index (χ1) is 11.6. The highest BCUT2D eigenvalue weighted by molar-refractivity contribution is 6.97. The van der Waals surface area contributed by atoms with Crippen molar-refractivity contribution in [3.05, 3.63) is 49.1 Å². The van der Waals surface area contributed by atoms with E-state index < -0.39 is 33.8 Å². The Balaban J connectivity index is 5.89. The largest absolute Gasteiger partial charge is 0.430 e. The summed E-state index contributed by atoms with van der Waals surface area (Å²) in [7, 11) is -9.38. The van der Waals surface area contributed by atoms with Crippen molar-refractivity contribution in [2.24, 2.45) is 0 Å². The smallest absolute Gasteiger partial charge is 0.372 e. The van der Waals surface area contributed by atoms with Gasteiger partial charge in [0.05, 0.1) is 0 Å². The minimum atomic E-state index is -2.82. The second-order valence-electron chi connectivity index (χ2n) is 6.88. The highest BCUT2D eigenvalue weighted by Gasteiger charge is 2.48. The van der Waals surface area contributed by atoms with Crippen molar-refractivity contribution in [3.63, 3.8) is 0 Å². The quantitative estimate of drug-likeness (QED) is 0.324. The van der Waals surface area contributed by atoms with E-state index in [9.17, 15) is 0 Å². The highest BCUT2D eigenvalue weighted by atomic mass is 28.5. The van der Waals surface area contributed by atoms with Crippen molar-refractivity contribution in [2.45, 2.75) is 65.0 Å². The monoisotopic (exact) mass is 414 g/mol. The number of hydrogen-bond donors (Lipinski definition) is 0. The lowest BCUT2D eigenvalue weighted by Crippen LogP contribution is -2.59. The minimum absolute atomic E-state index is 1.03. The van der Waals surface area contributed by atoms with E-state index in [2.05, 4.69) is 67.1 Å². The average Bonchev–Trinajstić information content (AvgIpc) is 2.66. The van der Waals surface area contributed by atoms with Crippen LogP contribution >= 0.6 is 0 Å². The molecule has 3 nitrogen and oxygen atoms in total. The first-order valence-corrected chi connectivity index (χ1v) is 18.8. The van der Waals surface area contributed by atoms with Crippen molar-refractivity contribution in [3.8, 4) is 0 Å². The molecule has 0 aromatic carbocycles. The van der Waals surface area contributed by atoms with Crippen molar-refractivity contribution in [1.82, 2.24) is 0 Å². The van der Waals surface area contributed by atoms with Gasteiger partial charge in [-0.2, -0.15) is 0 Å². The highest BCUT2D eigenvalue weighted by Crippen LogP contribution is 2.31. The SMILES string of the molecule is C=C[Si](C=C)(O[Si](C)(CC)CC)O[Si](C=C)(C=C)O[Si](C)(CC)CC. The predicted molar refractivity (Wildman–Crippen MR) is 121 cm³/mol. The molecule has 0 aliphatic carbocycles. The molecule has 0 saturated carbocycles. The normalized spacial score (nSPS) is 13.4. The third-order valence-corrected chi connectivity index (χ3v) is 22.6. The van der Waals surface area contributed by atoms with Gasteiger partial charge >= 0.3 is 17.1 Å². The summed E-state index contributed by atoms with van der Waals surface area (Å²) >= 11 is 0. The zero-order valence-corrected chi connectivity index (χ0v) is 21.2. The van der Waals surface area contributed by atoms with Gasteiger partial charge in [0.2, 0.25) is 0 Å². The van der Waals surface area contributed by atoms with Gasteiger partial charge in [0.15, 0.2) is 16.6 Å². The van der Waals surface area contributed by atoms with Crippen LogP contribution in [-0.4, -0.2) is 33.8 Å². The Bertz CT molecular complexity index is 413. The van der Waals surface area contributed by atoms with E-state index in [0.29, 0.717) is 0 Å². The molecule has 144 valence electrons. The van der Waals surface area contributed by atoms with E-state index in [0.717, 1.165) is 24.2 Å². The standard InChI is InChI=1S/C18H38O3Si4/c1-11-22(9,12-2)19-24(15-5,16-6)21-25(17-7,18-8)20-23(10,13-3)14-4/h15-18H,5-8,11-14H2,1-4,9-10H3. The molecule has 0 N–H and O–H groups in total. The second-order valence-corrected chi connectivity index (χ2v) is 22.5. The lowest BCUT2D eigenvalue weighted by Gasteiger charge is -2.42. The summed E-state index contributed by atoms with van der Waals surface area (Å²) in [5, 5.41) is 0. The maximum Gasteiger partial charge on any atom is 0.372 e. The van der Waals surface area contributed by atoms with E-state index in [-0.39, 0.29) is 0 Å². The first-order valence-electron chi connectivity index (χ1n) is 9.26. The Kier molecular flexibility index (Phi) is 10.0. The molecule has 0 aliphatic heterocycles. The van der Waals surface area contributed by atoms with Crippen LogP contribution in [0.4, 0.5) is 0 Å². The first kappa shape index (κ1) is 24.7. The molecule has 0 fully saturated rings. The molecule has 0 aliphatic rings. The molecule has 0 radical (unpaired) electrons. The molecule has 0 aromatic rings. The van der Waals surface area contributed by atoms with Gasteiger partial charge in [0.25, 0.3) is 0 Å². The van der Waals surface area contributed by atoms with Crippen LogP contribution in [-0.2, 0) is 12.3 Å². The molecule has 25 heavy (non-hydrogen) atoms. The van der Waals surface area contributed by atoms with E-state index in [4.69, 9.17) is 12.3 Å². The van der Waals surface area contributed by atoms with E-state index in [1.165, 1.54) is 0 Å². The molecule has 7 heteroatoms. The fourth-order valence-corrected chi connectivity index (χ4v) is 17.9. The Labute approximate surface area is 160 Å². The zero-order valence-electron chi connectivity index (χ0n) is 17.2. The fourth-order valence-electron chi connectivity index (χ4n) is 2.35. The Morgan fingerprint density at radius 2 is 0.800 bits per heavy atom. The summed E-state index contributed by atoms with van der Waals surface area (Å²) in [5.74, 6) is 0. The van der Waals surface area contributed by atoms with Crippen molar-refractivity contribution in [1.29, 1.82) is 0 Å². The maximum absolute atomic E-state index is 6.66. The van der Waals surface area contributed by atoms with Crippen LogP contribution in [0.1, 0.15) is 27.7 Å². The van der Waals surface area contributed by atoms with Gasteiger partial charge in [-0.05, 0) is 60.1 Å². The summed E-state index contributed by atoms with van der Waals surface area (Å²) in [5.41, 5.74) is 7.30. The Morgan fingerprint density at radius 1 is 0.560 bits per heavy atom. The zero-order chi connectivity index (χ0) is 19.8. The molecular formula is C18H38O3Si4. The summed E-state index contributed by atoms with van der Waals surface area (Å²) < 4.78 is 20.0. The van der Waals surface area contributed by atoms with Crippen molar-refractivity contribution >= 4 is 33.8 Å². The molecule has 0 spiro atoms. The summed E-state index contributed by atoms with van der Waals surface area (Å²) in [6, 6.07) is 4.10. The lowest BCUT2D eigenvalue weighted by molar-refractivity contribution is 0.345. The van der Waals surface area contributed by atoms with Gasteiger partial charge < -0.3 is 12.3 Å². The van der Waals surface area contributed by atoms with Crippen molar-refractivity contribution in [2.75, 3.05) is 0 Å². The molecule has 0 bridgehead atoms. The summed E-state index contributed by atoms with van der Waals surface area (Å²) in [6.07, 6.45) is 0. The van der Waals surface area contributed by atoms with E-state index in [1.807, 2.05) is 22.8 Å². The number of rotatable bonds is 14. The Hall–Kier alpha value is -0.292. The summed E-state index contributed by atoms with van der Waals surface area (Å²) in [4.78, 5) is 0. The third-order valence-electron chi connectivity index (χ3n) is 5.26. The second kappa shape index (κ2) is 10.1. The van der Waals surface area contributed by atoms with Gasteiger partial charge in [-0.15, -0.1) is 26.3 Å². The van der Waals surface area contributed by atoms with Crippen LogP contribution < -0.4 is 0 Å². The van der Waals surface area contributed by atoms with Gasteiger partial charge in [0.1, 0.15) is 0 Å². The van der Waals surface area contributed by atoms with Gasteiger partial charge in [0, 0.05) is 0 Å². The van der Waals surface area contributed by atoms with Gasteiger partial charge in [-0.1, -0.05) is 27.7 Å². The van der Waals surface area contributed by atoms with Gasteiger partial charge in [-0.25, -0.2) is 0 Å². The van der Waals surface area contributed by atoms with Crippen LogP contribution in [0.3, 0.4) is 0 Å². The van der Waals surface area contributed by atoms with Crippen molar-refractivity contribution < 1.29 is 12.3 Å². The molecule has 0 unspecified atom stereocenters. The molecule has 0 rings (SSSR count). The molecule has 0 aromatic heterocycles. The van der Waals surface area contributed by atoms with E-state index >= 15 is 0 Å². The van der Waals surface area contributed by atoms with Crippen LogP contribution in [0, 0.1) is 0 Å². The minimum Gasteiger partial charge on any atom is -0.430 e. The average molecular weight is 415 g/mol. The molecule has 0 saturated heterocycles.